The number of methoxy groups -OCH3 is 1. The summed E-state index contributed by atoms with van der Waals surface area (Å²) < 4.78 is 5.52. The van der Waals surface area contributed by atoms with Crippen LogP contribution in [0, 0.1) is 6.92 Å². The highest BCUT2D eigenvalue weighted by Gasteiger charge is 2.36. The number of nitrogens with two attached hydrogens (primary N) is 1. The van der Waals surface area contributed by atoms with Gasteiger partial charge in [0.05, 0.1) is 11.2 Å². The first-order valence-corrected chi connectivity index (χ1v) is 6.40. The van der Waals surface area contributed by atoms with Gasteiger partial charge in [0, 0.05) is 25.0 Å². The minimum absolute atomic E-state index is 0.0985. The summed E-state index contributed by atoms with van der Waals surface area (Å²) in [7, 11) is 1.72. The van der Waals surface area contributed by atoms with Gasteiger partial charge in [-0.15, -0.1) is 0 Å². The van der Waals surface area contributed by atoms with Gasteiger partial charge in [-0.25, -0.2) is 4.79 Å². The maximum Gasteiger partial charge on any atom is 0.337 e. The molecular formula is C14H20N2O3. The predicted molar refractivity (Wildman–Crippen MR) is 74.6 cm³/mol. The molecule has 1 aliphatic carbocycles. The van der Waals surface area contributed by atoms with Gasteiger partial charge in [0.25, 0.3) is 0 Å². The van der Waals surface area contributed by atoms with Gasteiger partial charge in [-0.05, 0) is 43.9 Å². The van der Waals surface area contributed by atoms with Crippen molar-refractivity contribution in [2.75, 3.05) is 24.7 Å². The van der Waals surface area contributed by atoms with Gasteiger partial charge >= 0.3 is 5.97 Å². The Morgan fingerprint density at radius 1 is 1.53 bits per heavy atom. The normalized spacial score (nSPS) is 16.7. The molecule has 0 aromatic heterocycles. The summed E-state index contributed by atoms with van der Waals surface area (Å²) in [5.41, 5.74) is 7.67. The topological polar surface area (TPSA) is 84.6 Å². The molecular weight excluding hydrogens is 244 g/mol. The number of nitrogen functional groups attached to an aromatic ring is 1. The molecule has 1 aromatic carbocycles. The average Bonchev–Trinajstić information content (AvgIpc) is 2.32. The molecule has 0 unspecified atom stereocenters. The smallest absolute Gasteiger partial charge is 0.337 e. The quantitative estimate of drug-likeness (QED) is 0.710. The molecule has 0 bridgehead atoms. The van der Waals surface area contributed by atoms with E-state index in [2.05, 4.69) is 5.32 Å². The van der Waals surface area contributed by atoms with Gasteiger partial charge in [-0.1, -0.05) is 0 Å². The van der Waals surface area contributed by atoms with Crippen molar-refractivity contribution in [1.82, 2.24) is 0 Å². The van der Waals surface area contributed by atoms with Crippen LogP contribution in [0.1, 0.15) is 35.2 Å². The van der Waals surface area contributed by atoms with E-state index in [1.54, 1.807) is 13.2 Å². The van der Waals surface area contributed by atoms with Crippen molar-refractivity contribution in [3.63, 3.8) is 0 Å². The third-order valence-corrected chi connectivity index (χ3v) is 3.93. The third-order valence-electron chi connectivity index (χ3n) is 3.93. The molecule has 104 valence electrons. The first-order valence-electron chi connectivity index (χ1n) is 6.40. The molecule has 1 saturated carbocycles. The second-order valence-electron chi connectivity index (χ2n) is 5.15. The molecule has 2 rings (SSSR count). The number of ether oxygens (including phenoxy) is 1. The molecule has 0 heterocycles. The van der Waals surface area contributed by atoms with E-state index in [1.165, 1.54) is 6.42 Å². The average molecular weight is 264 g/mol. The Kier molecular flexibility index (Phi) is 3.66. The number of hydrogen-bond acceptors (Lipinski definition) is 4. The van der Waals surface area contributed by atoms with Gasteiger partial charge in [-0.3, -0.25) is 0 Å². The fourth-order valence-electron chi connectivity index (χ4n) is 2.36. The Labute approximate surface area is 112 Å². The molecule has 1 aliphatic rings. The summed E-state index contributed by atoms with van der Waals surface area (Å²) in [4.78, 5) is 11.1. The Morgan fingerprint density at radius 2 is 2.21 bits per heavy atom. The maximum atomic E-state index is 11.1. The van der Waals surface area contributed by atoms with Crippen LogP contribution < -0.4 is 11.1 Å². The highest BCUT2D eigenvalue weighted by atomic mass is 16.5. The number of aromatic carboxylic acids is 1. The number of anilines is 2. The van der Waals surface area contributed by atoms with Crippen LogP contribution in [0.4, 0.5) is 11.4 Å². The molecule has 0 saturated heterocycles. The van der Waals surface area contributed by atoms with E-state index in [0.29, 0.717) is 12.2 Å². The van der Waals surface area contributed by atoms with E-state index >= 15 is 0 Å². The number of carbonyl (C=O) groups is 1. The van der Waals surface area contributed by atoms with Gasteiger partial charge < -0.3 is 20.9 Å². The van der Waals surface area contributed by atoms with Crippen molar-refractivity contribution in [2.24, 2.45) is 0 Å². The second kappa shape index (κ2) is 5.09. The molecule has 0 radical (unpaired) electrons. The number of carboxylic acids is 1. The van der Waals surface area contributed by atoms with E-state index in [-0.39, 0.29) is 11.2 Å². The predicted octanol–water partition coefficient (Wildman–Crippen LogP) is 2.26. The van der Waals surface area contributed by atoms with Crippen molar-refractivity contribution in [3.8, 4) is 0 Å². The lowest BCUT2D eigenvalue weighted by atomic mass is 9.80. The first-order chi connectivity index (χ1) is 8.97. The number of carboxylic acid groups (broad SMARTS) is 1. The summed E-state index contributed by atoms with van der Waals surface area (Å²) in [5, 5.41) is 12.4. The highest BCUT2D eigenvalue weighted by Crippen LogP contribution is 2.35. The zero-order chi connectivity index (χ0) is 14.0. The molecule has 5 nitrogen and oxygen atoms in total. The fraction of sp³-hybridized carbons (Fsp3) is 0.500. The Bertz CT molecular complexity index is 490. The standard InChI is InChI=1S/C14H20N2O3/c1-9-6-10(7-11(12(9)15)13(17)18)16-8-14(19-2)4-3-5-14/h6-7,16H,3-5,8,15H2,1-2H3,(H,17,18). The maximum absolute atomic E-state index is 11.1. The number of benzene rings is 1. The molecule has 0 atom stereocenters. The molecule has 0 spiro atoms. The SMILES string of the molecule is COC1(CNc2cc(C)c(N)c(C(=O)O)c2)CCC1. The van der Waals surface area contributed by atoms with Crippen LogP contribution in [0.2, 0.25) is 0 Å². The lowest BCUT2D eigenvalue weighted by molar-refractivity contribution is -0.0601. The molecule has 4 N–H and O–H groups in total. The van der Waals surface area contributed by atoms with E-state index in [0.717, 1.165) is 24.1 Å². The minimum atomic E-state index is -1.01. The zero-order valence-electron chi connectivity index (χ0n) is 11.3. The second-order valence-corrected chi connectivity index (χ2v) is 5.15. The molecule has 0 aliphatic heterocycles. The summed E-state index contributed by atoms with van der Waals surface area (Å²) in [6.45, 7) is 2.49. The first kappa shape index (κ1) is 13.7. The molecule has 1 fully saturated rings. The lowest BCUT2D eigenvalue weighted by Crippen LogP contribution is -2.45. The van der Waals surface area contributed by atoms with Crippen LogP contribution in [-0.4, -0.2) is 30.3 Å². The summed E-state index contributed by atoms with van der Waals surface area (Å²) in [5.74, 6) is -1.01. The highest BCUT2D eigenvalue weighted by molar-refractivity contribution is 5.95. The van der Waals surface area contributed by atoms with Crippen LogP contribution in [0.25, 0.3) is 0 Å². The van der Waals surface area contributed by atoms with E-state index in [1.807, 2.05) is 13.0 Å². The van der Waals surface area contributed by atoms with Crippen LogP contribution in [0.15, 0.2) is 12.1 Å². The van der Waals surface area contributed by atoms with E-state index < -0.39 is 5.97 Å². The monoisotopic (exact) mass is 264 g/mol. The van der Waals surface area contributed by atoms with Crippen LogP contribution in [0.3, 0.4) is 0 Å². The van der Waals surface area contributed by atoms with Gasteiger partial charge in [0.1, 0.15) is 0 Å². The third kappa shape index (κ3) is 2.66. The Hall–Kier alpha value is -1.75. The summed E-state index contributed by atoms with van der Waals surface area (Å²) >= 11 is 0. The minimum Gasteiger partial charge on any atom is -0.478 e. The Balaban J connectivity index is 2.14. The van der Waals surface area contributed by atoms with E-state index in [9.17, 15) is 4.79 Å². The van der Waals surface area contributed by atoms with Crippen molar-refractivity contribution < 1.29 is 14.6 Å². The zero-order valence-corrected chi connectivity index (χ0v) is 11.3. The van der Waals surface area contributed by atoms with Crippen molar-refractivity contribution >= 4 is 17.3 Å². The fourth-order valence-corrected chi connectivity index (χ4v) is 2.36. The van der Waals surface area contributed by atoms with Crippen molar-refractivity contribution in [3.05, 3.63) is 23.3 Å². The number of nitrogens with one attached hydrogen (secondary N) is 1. The molecule has 5 heteroatoms. The van der Waals surface area contributed by atoms with Crippen molar-refractivity contribution in [2.45, 2.75) is 31.8 Å². The Morgan fingerprint density at radius 3 is 2.68 bits per heavy atom. The van der Waals surface area contributed by atoms with E-state index in [4.69, 9.17) is 15.6 Å². The molecule has 0 amide bonds. The van der Waals surface area contributed by atoms with Crippen LogP contribution >= 0.6 is 0 Å². The number of aryl methyl sites for hydroxylation is 1. The summed E-state index contributed by atoms with van der Waals surface area (Å²) in [6.07, 6.45) is 3.25. The molecule has 19 heavy (non-hydrogen) atoms. The van der Waals surface area contributed by atoms with Gasteiger partial charge in [-0.2, -0.15) is 0 Å². The lowest BCUT2D eigenvalue weighted by Gasteiger charge is -2.40. The largest absolute Gasteiger partial charge is 0.478 e. The van der Waals surface area contributed by atoms with Gasteiger partial charge in [0.15, 0.2) is 0 Å². The summed E-state index contributed by atoms with van der Waals surface area (Å²) in [6, 6.07) is 3.44. The van der Waals surface area contributed by atoms with Crippen LogP contribution in [0.5, 0.6) is 0 Å². The number of hydrogen-bond donors (Lipinski definition) is 3. The molecule has 1 aromatic rings. The van der Waals surface area contributed by atoms with Gasteiger partial charge in [0.2, 0.25) is 0 Å². The number of rotatable bonds is 5. The van der Waals surface area contributed by atoms with Crippen molar-refractivity contribution in [1.29, 1.82) is 0 Å². The van der Waals surface area contributed by atoms with Crippen LogP contribution in [-0.2, 0) is 4.74 Å².